The number of carboxylic acids is 1. The molecule has 0 heterocycles. The molecule has 0 unspecified atom stereocenters. The molecule has 5 heteroatoms. The summed E-state index contributed by atoms with van der Waals surface area (Å²) < 4.78 is 23.4. The zero-order chi connectivity index (χ0) is 9.56. The van der Waals surface area contributed by atoms with Crippen molar-refractivity contribution in [3.63, 3.8) is 0 Å². The Bertz CT molecular complexity index is 171. The van der Waals surface area contributed by atoms with Crippen molar-refractivity contribution in [3.8, 4) is 0 Å². The van der Waals surface area contributed by atoms with E-state index < -0.39 is 12.4 Å². The smallest absolute Gasteiger partial charge is 0.328 e. The lowest BCUT2D eigenvalue weighted by Crippen LogP contribution is -2.24. The maximum atomic E-state index is 11.7. The second-order valence-corrected chi connectivity index (χ2v) is 2.35. The number of likely N-dealkylation sites (N-methyl/N-ethyl adjacent to an activating group) is 1. The molecule has 0 aliphatic rings. The van der Waals surface area contributed by atoms with E-state index in [-0.39, 0.29) is 13.1 Å². The van der Waals surface area contributed by atoms with Crippen LogP contribution < -0.4 is 0 Å². The van der Waals surface area contributed by atoms with Crippen LogP contribution in [0.3, 0.4) is 0 Å². The van der Waals surface area contributed by atoms with E-state index in [1.807, 2.05) is 0 Å². The molecular formula is C7H11F2NO2. The average molecular weight is 179 g/mol. The summed E-state index contributed by atoms with van der Waals surface area (Å²) in [6.07, 6.45) is -0.125. The monoisotopic (exact) mass is 179 g/mol. The molecule has 0 aromatic heterocycles. The van der Waals surface area contributed by atoms with Crippen molar-refractivity contribution < 1.29 is 18.7 Å². The van der Waals surface area contributed by atoms with Crippen molar-refractivity contribution in [2.75, 3.05) is 20.1 Å². The molecule has 0 saturated heterocycles. The van der Waals surface area contributed by atoms with Crippen molar-refractivity contribution >= 4 is 5.97 Å². The van der Waals surface area contributed by atoms with Crippen LogP contribution in [0.1, 0.15) is 0 Å². The van der Waals surface area contributed by atoms with Crippen LogP contribution in [0.4, 0.5) is 8.78 Å². The molecule has 0 fully saturated rings. The molecule has 3 nitrogen and oxygen atoms in total. The zero-order valence-corrected chi connectivity index (χ0v) is 6.70. The molecule has 0 bridgehead atoms. The quantitative estimate of drug-likeness (QED) is 0.635. The molecule has 0 radical (unpaired) electrons. The lowest BCUT2D eigenvalue weighted by molar-refractivity contribution is -0.131. The Balaban J connectivity index is 3.56. The van der Waals surface area contributed by atoms with Gasteiger partial charge in [0.1, 0.15) is 0 Å². The molecule has 70 valence electrons. The van der Waals surface area contributed by atoms with E-state index in [0.29, 0.717) is 0 Å². The van der Waals surface area contributed by atoms with Crippen molar-refractivity contribution in [2.45, 2.75) is 6.43 Å². The Morgan fingerprint density at radius 1 is 1.67 bits per heavy atom. The summed E-state index contributed by atoms with van der Waals surface area (Å²) in [6.45, 7) is -0.124. The second-order valence-electron chi connectivity index (χ2n) is 2.35. The average Bonchev–Trinajstić information content (AvgIpc) is 1.84. The van der Waals surface area contributed by atoms with Gasteiger partial charge < -0.3 is 5.11 Å². The zero-order valence-electron chi connectivity index (χ0n) is 6.70. The third-order valence-corrected chi connectivity index (χ3v) is 1.13. The van der Waals surface area contributed by atoms with Gasteiger partial charge in [-0.2, -0.15) is 0 Å². The maximum absolute atomic E-state index is 11.7. The third kappa shape index (κ3) is 7.14. The Morgan fingerprint density at radius 3 is 2.67 bits per heavy atom. The van der Waals surface area contributed by atoms with Crippen LogP contribution in [0.5, 0.6) is 0 Å². The molecule has 0 saturated carbocycles. The maximum Gasteiger partial charge on any atom is 0.328 e. The predicted molar refractivity (Wildman–Crippen MR) is 40.3 cm³/mol. The van der Waals surface area contributed by atoms with E-state index in [0.717, 1.165) is 6.08 Å². The van der Waals surface area contributed by atoms with Gasteiger partial charge in [0.15, 0.2) is 0 Å². The van der Waals surface area contributed by atoms with E-state index >= 15 is 0 Å². The highest BCUT2D eigenvalue weighted by Crippen LogP contribution is 1.94. The molecule has 0 atom stereocenters. The van der Waals surface area contributed by atoms with Crippen molar-refractivity contribution in [1.29, 1.82) is 0 Å². The van der Waals surface area contributed by atoms with Crippen LogP contribution >= 0.6 is 0 Å². The normalized spacial score (nSPS) is 11.8. The minimum Gasteiger partial charge on any atom is -0.478 e. The minimum atomic E-state index is -2.38. The molecule has 0 aliphatic carbocycles. The number of nitrogens with zero attached hydrogens (tertiary/aromatic N) is 1. The summed E-state index contributed by atoms with van der Waals surface area (Å²) in [5.41, 5.74) is 0. The molecule has 0 rings (SSSR count). The Labute approximate surface area is 69.3 Å². The van der Waals surface area contributed by atoms with Gasteiger partial charge in [0, 0.05) is 12.6 Å². The molecule has 12 heavy (non-hydrogen) atoms. The number of carbonyl (C=O) groups is 1. The van der Waals surface area contributed by atoms with Crippen LogP contribution in [0.2, 0.25) is 0 Å². The molecule has 0 aromatic rings. The summed E-state index contributed by atoms with van der Waals surface area (Å²) in [6, 6.07) is 0. The predicted octanol–water partition coefficient (Wildman–Crippen LogP) is 0.824. The van der Waals surface area contributed by atoms with Crippen molar-refractivity contribution in [3.05, 3.63) is 12.2 Å². The largest absolute Gasteiger partial charge is 0.478 e. The second kappa shape index (κ2) is 5.65. The standard InChI is InChI=1S/C7H11F2NO2/c1-10(5-6(8)9)4-2-3-7(11)12/h2-3,6H,4-5H2,1H3,(H,11,12)/b3-2+. The first kappa shape index (κ1) is 11.0. The van der Waals surface area contributed by atoms with Crippen LogP contribution in [-0.4, -0.2) is 42.5 Å². The molecule has 0 spiro atoms. The highest BCUT2D eigenvalue weighted by Gasteiger charge is 2.05. The molecule has 0 amide bonds. The first-order valence-electron chi connectivity index (χ1n) is 3.38. The van der Waals surface area contributed by atoms with Gasteiger partial charge in [-0.05, 0) is 7.05 Å². The number of halogens is 2. The Kier molecular flexibility index (Phi) is 5.19. The molecular weight excluding hydrogens is 168 g/mol. The Morgan fingerprint density at radius 2 is 2.25 bits per heavy atom. The molecule has 1 N–H and O–H groups in total. The van der Waals surface area contributed by atoms with Crippen LogP contribution in [0.15, 0.2) is 12.2 Å². The summed E-state index contributed by atoms with van der Waals surface area (Å²) >= 11 is 0. The number of hydrogen-bond donors (Lipinski definition) is 1. The van der Waals surface area contributed by atoms with E-state index in [9.17, 15) is 13.6 Å². The Hall–Kier alpha value is -0.970. The van der Waals surface area contributed by atoms with Crippen molar-refractivity contribution in [1.82, 2.24) is 4.90 Å². The van der Waals surface area contributed by atoms with E-state index in [2.05, 4.69) is 0 Å². The SMILES string of the molecule is CN(C/C=C/C(=O)O)CC(F)F. The number of hydrogen-bond acceptors (Lipinski definition) is 2. The van der Waals surface area contributed by atoms with Gasteiger partial charge in [0.2, 0.25) is 0 Å². The van der Waals surface area contributed by atoms with Gasteiger partial charge >= 0.3 is 5.97 Å². The van der Waals surface area contributed by atoms with Gasteiger partial charge in [0.25, 0.3) is 6.43 Å². The van der Waals surface area contributed by atoms with Gasteiger partial charge in [-0.25, -0.2) is 13.6 Å². The number of carboxylic acid groups (broad SMARTS) is 1. The van der Waals surface area contributed by atoms with Gasteiger partial charge in [-0.15, -0.1) is 0 Å². The van der Waals surface area contributed by atoms with E-state index in [1.54, 1.807) is 0 Å². The van der Waals surface area contributed by atoms with Gasteiger partial charge in [-0.1, -0.05) is 6.08 Å². The van der Waals surface area contributed by atoms with E-state index in [4.69, 9.17) is 5.11 Å². The summed E-state index contributed by atoms with van der Waals surface area (Å²) in [5, 5.41) is 8.15. The third-order valence-electron chi connectivity index (χ3n) is 1.13. The summed E-state index contributed by atoms with van der Waals surface area (Å²) in [4.78, 5) is 11.3. The number of aliphatic carboxylic acids is 1. The first-order chi connectivity index (χ1) is 5.52. The fourth-order valence-electron chi connectivity index (χ4n) is 0.644. The van der Waals surface area contributed by atoms with Crippen LogP contribution in [0.25, 0.3) is 0 Å². The number of alkyl halides is 2. The van der Waals surface area contributed by atoms with Crippen LogP contribution in [0, 0.1) is 0 Å². The molecule has 0 aliphatic heterocycles. The van der Waals surface area contributed by atoms with Gasteiger partial charge in [-0.3, -0.25) is 4.90 Å². The molecule has 0 aromatic carbocycles. The minimum absolute atomic E-state index is 0.219. The summed E-state index contributed by atoms with van der Waals surface area (Å²) in [7, 11) is 1.50. The van der Waals surface area contributed by atoms with Gasteiger partial charge in [0.05, 0.1) is 6.54 Å². The summed E-state index contributed by atoms with van der Waals surface area (Å²) in [5.74, 6) is -1.07. The van der Waals surface area contributed by atoms with Crippen LogP contribution in [-0.2, 0) is 4.79 Å². The lowest BCUT2D eigenvalue weighted by atomic mass is 10.4. The van der Waals surface area contributed by atoms with E-state index in [1.165, 1.54) is 18.0 Å². The fraction of sp³-hybridized carbons (Fsp3) is 0.571. The highest BCUT2D eigenvalue weighted by molar-refractivity contribution is 5.79. The lowest BCUT2D eigenvalue weighted by Gasteiger charge is -2.12. The topological polar surface area (TPSA) is 40.5 Å². The number of rotatable bonds is 5. The van der Waals surface area contributed by atoms with Crippen molar-refractivity contribution in [2.24, 2.45) is 0 Å². The first-order valence-corrected chi connectivity index (χ1v) is 3.38. The highest BCUT2D eigenvalue weighted by atomic mass is 19.3. The fourth-order valence-corrected chi connectivity index (χ4v) is 0.644.